The van der Waals surface area contributed by atoms with Gasteiger partial charge in [0.25, 0.3) is 5.91 Å². The normalized spacial score (nSPS) is 11.0. The van der Waals surface area contributed by atoms with E-state index in [0.717, 1.165) is 24.3 Å². The van der Waals surface area contributed by atoms with E-state index in [9.17, 15) is 4.79 Å². The molecule has 2 aromatic rings. The van der Waals surface area contributed by atoms with Crippen LogP contribution in [-0.4, -0.2) is 18.7 Å². The molecule has 22 heavy (non-hydrogen) atoms. The summed E-state index contributed by atoms with van der Waals surface area (Å²) in [6.45, 7) is 5.07. The molecule has 1 aromatic heterocycles. The van der Waals surface area contributed by atoms with E-state index in [1.807, 2.05) is 35.7 Å². The van der Waals surface area contributed by atoms with Crippen molar-refractivity contribution in [2.75, 3.05) is 6.61 Å². The summed E-state index contributed by atoms with van der Waals surface area (Å²) >= 11 is 1.39. The van der Waals surface area contributed by atoms with Gasteiger partial charge in [-0.25, -0.2) is 5.43 Å². The highest BCUT2D eigenvalue weighted by atomic mass is 32.1. The summed E-state index contributed by atoms with van der Waals surface area (Å²) < 4.78 is 5.65. The number of thiophene rings is 1. The maximum absolute atomic E-state index is 11.7. The van der Waals surface area contributed by atoms with Crippen molar-refractivity contribution in [3.05, 3.63) is 52.2 Å². The molecule has 0 unspecified atom stereocenters. The lowest BCUT2D eigenvalue weighted by Gasteiger charge is -2.07. The van der Waals surface area contributed by atoms with E-state index in [4.69, 9.17) is 4.74 Å². The number of benzene rings is 1. The van der Waals surface area contributed by atoms with Crippen molar-refractivity contribution in [3.63, 3.8) is 0 Å². The van der Waals surface area contributed by atoms with Gasteiger partial charge in [0.1, 0.15) is 5.75 Å². The first kappa shape index (κ1) is 16.2. The second-order valence-corrected chi connectivity index (χ2v) is 6.22. The Balaban J connectivity index is 1.80. The van der Waals surface area contributed by atoms with E-state index in [1.54, 1.807) is 12.3 Å². The van der Waals surface area contributed by atoms with Crippen molar-refractivity contribution in [1.82, 2.24) is 5.43 Å². The van der Waals surface area contributed by atoms with Crippen LogP contribution in [0.5, 0.6) is 5.75 Å². The Hall–Kier alpha value is -2.14. The fraction of sp³-hybridized carbons (Fsp3) is 0.294. The Labute approximate surface area is 134 Å². The van der Waals surface area contributed by atoms with Crippen molar-refractivity contribution in [3.8, 4) is 5.75 Å². The predicted molar refractivity (Wildman–Crippen MR) is 90.8 cm³/mol. The minimum absolute atomic E-state index is 0.195. The molecule has 1 N–H and O–H groups in total. The van der Waals surface area contributed by atoms with Crippen molar-refractivity contribution < 1.29 is 9.53 Å². The Kier molecular flexibility index (Phi) is 6.15. The molecule has 0 aliphatic rings. The average Bonchev–Trinajstić information content (AvgIpc) is 3.03. The molecule has 0 radical (unpaired) electrons. The number of hydrogen-bond donors (Lipinski definition) is 1. The average molecular weight is 316 g/mol. The van der Waals surface area contributed by atoms with Crippen molar-refractivity contribution in [2.45, 2.75) is 20.3 Å². The second kappa shape index (κ2) is 8.34. The van der Waals surface area contributed by atoms with Crippen LogP contribution in [-0.2, 0) is 0 Å². The largest absolute Gasteiger partial charge is 0.494 e. The first-order chi connectivity index (χ1) is 10.6. The molecular formula is C17H20N2O2S. The number of nitrogens with one attached hydrogen (secondary N) is 1. The molecule has 2 rings (SSSR count). The van der Waals surface area contributed by atoms with Crippen LogP contribution in [0, 0.1) is 5.92 Å². The topological polar surface area (TPSA) is 50.7 Å². The monoisotopic (exact) mass is 316 g/mol. The molecule has 1 aromatic carbocycles. The summed E-state index contributed by atoms with van der Waals surface area (Å²) in [4.78, 5) is 12.3. The number of carbonyl (C=O) groups excluding carboxylic acids is 1. The lowest BCUT2D eigenvalue weighted by Crippen LogP contribution is -2.16. The molecule has 4 nitrogen and oxygen atoms in total. The van der Waals surface area contributed by atoms with Crippen LogP contribution in [0.4, 0.5) is 0 Å². The van der Waals surface area contributed by atoms with Crippen LogP contribution in [0.2, 0.25) is 0 Å². The first-order valence-electron chi connectivity index (χ1n) is 7.25. The molecule has 1 amide bonds. The van der Waals surface area contributed by atoms with E-state index in [1.165, 1.54) is 11.3 Å². The second-order valence-electron chi connectivity index (χ2n) is 5.28. The Morgan fingerprint density at radius 3 is 2.73 bits per heavy atom. The van der Waals surface area contributed by atoms with Crippen LogP contribution in [0.1, 0.15) is 35.5 Å². The molecule has 0 bridgehead atoms. The zero-order valence-corrected chi connectivity index (χ0v) is 13.6. The zero-order valence-electron chi connectivity index (χ0n) is 12.8. The first-order valence-corrected chi connectivity index (χ1v) is 8.13. The molecule has 0 atom stereocenters. The fourth-order valence-electron chi connectivity index (χ4n) is 1.69. The van der Waals surface area contributed by atoms with Gasteiger partial charge in [-0.3, -0.25) is 4.79 Å². The van der Waals surface area contributed by atoms with Gasteiger partial charge in [0.05, 0.1) is 17.7 Å². The van der Waals surface area contributed by atoms with Crippen LogP contribution in [0.3, 0.4) is 0 Å². The number of nitrogens with zero attached hydrogens (tertiary/aromatic N) is 1. The van der Waals surface area contributed by atoms with E-state index in [2.05, 4.69) is 24.4 Å². The highest BCUT2D eigenvalue weighted by Crippen LogP contribution is 2.12. The van der Waals surface area contributed by atoms with Gasteiger partial charge >= 0.3 is 0 Å². The lowest BCUT2D eigenvalue weighted by atomic mass is 10.1. The van der Waals surface area contributed by atoms with Crippen LogP contribution < -0.4 is 10.2 Å². The van der Waals surface area contributed by atoms with Crippen molar-refractivity contribution in [1.29, 1.82) is 0 Å². The SMILES string of the molecule is CC(C)CCOc1ccc(C=NNC(=O)c2cccs2)cc1. The molecule has 116 valence electrons. The van der Waals surface area contributed by atoms with Gasteiger partial charge in [0.15, 0.2) is 0 Å². The summed E-state index contributed by atoms with van der Waals surface area (Å²) in [6, 6.07) is 11.2. The number of hydrazone groups is 1. The number of rotatable bonds is 7. The highest BCUT2D eigenvalue weighted by Gasteiger charge is 2.03. The van der Waals surface area contributed by atoms with Crippen LogP contribution in [0.15, 0.2) is 46.9 Å². The summed E-state index contributed by atoms with van der Waals surface area (Å²) in [6.07, 6.45) is 2.65. The maximum atomic E-state index is 11.7. The lowest BCUT2D eigenvalue weighted by molar-refractivity contribution is 0.0959. The summed E-state index contributed by atoms with van der Waals surface area (Å²) in [5, 5.41) is 5.81. The molecule has 0 aliphatic heterocycles. The predicted octanol–water partition coefficient (Wildman–Crippen LogP) is 3.94. The third kappa shape index (κ3) is 5.33. The van der Waals surface area contributed by atoms with Gasteiger partial charge in [0, 0.05) is 0 Å². The van der Waals surface area contributed by atoms with Gasteiger partial charge in [-0.05, 0) is 53.6 Å². The Morgan fingerprint density at radius 2 is 2.09 bits per heavy atom. The van der Waals surface area contributed by atoms with Gasteiger partial charge in [-0.2, -0.15) is 5.10 Å². The summed E-state index contributed by atoms with van der Waals surface area (Å²) in [7, 11) is 0. The van der Waals surface area contributed by atoms with Gasteiger partial charge in [0.2, 0.25) is 0 Å². The molecule has 0 fully saturated rings. The maximum Gasteiger partial charge on any atom is 0.281 e. The molecule has 0 aliphatic carbocycles. The van der Waals surface area contributed by atoms with Gasteiger partial charge in [-0.15, -0.1) is 11.3 Å². The smallest absolute Gasteiger partial charge is 0.281 e. The van der Waals surface area contributed by atoms with Crippen molar-refractivity contribution in [2.24, 2.45) is 11.0 Å². The summed E-state index contributed by atoms with van der Waals surface area (Å²) in [5.41, 5.74) is 3.41. The number of hydrogen-bond acceptors (Lipinski definition) is 4. The van der Waals surface area contributed by atoms with Crippen molar-refractivity contribution >= 4 is 23.5 Å². The van der Waals surface area contributed by atoms with Gasteiger partial charge in [-0.1, -0.05) is 19.9 Å². The quantitative estimate of drug-likeness (QED) is 0.621. The number of amides is 1. The van der Waals surface area contributed by atoms with E-state index < -0.39 is 0 Å². The van der Waals surface area contributed by atoms with E-state index in [-0.39, 0.29) is 5.91 Å². The molecule has 0 saturated heterocycles. The third-order valence-electron chi connectivity index (χ3n) is 2.97. The minimum atomic E-state index is -0.195. The zero-order chi connectivity index (χ0) is 15.8. The number of ether oxygens (including phenoxy) is 1. The summed E-state index contributed by atoms with van der Waals surface area (Å²) in [5.74, 6) is 1.29. The molecular weight excluding hydrogens is 296 g/mol. The Morgan fingerprint density at radius 1 is 1.32 bits per heavy atom. The molecule has 5 heteroatoms. The third-order valence-corrected chi connectivity index (χ3v) is 3.84. The standard InChI is InChI=1S/C17H20N2O2S/c1-13(2)9-10-21-15-7-5-14(6-8-15)12-18-19-17(20)16-4-3-11-22-16/h3-8,11-13H,9-10H2,1-2H3,(H,19,20). The van der Waals surface area contributed by atoms with E-state index in [0.29, 0.717) is 10.8 Å². The molecule has 0 spiro atoms. The molecule has 0 saturated carbocycles. The number of carbonyl (C=O) groups is 1. The van der Waals surface area contributed by atoms with Crippen LogP contribution >= 0.6 is 11.3 Å². The highest BCUT2D eigenvalue weighted by molar-refractivity contribution is 7.12. The Bertz CT molecular complexity index is 604. The molecule has 1 heterocycles. The van der Waals surface area contributed by atoms with Crippen LogP contribution in [0.25, 0.3) is 0 Å². The van der Waals surface area contributed by atoms with E-state index >= 15 is 0 Å². The fourth-order valence-corrected chi connectivity index (χ4v) is 2.30. The minimum Gasteiger partial charge on any atom is -0.494 e. The van der Waals surface area contributed by atoms with Gasteiger partial charge < -0.3 is 4.74 Å².